The Morgan fingerprint density at radius 2 is 1.21 bits per heavy atom. The highest BCUT2D eigenvalue weighted by Crippen LogP contribution is 2.39. The number of primary amides is 1. The van der Waals surface area contributed by atoms with Crippen LogP contribution in [0.25, 0.3) is 43.4 Å². The van der Waals surface area contributed by atoms with Gasteiger partial charge in [0.1, 0.15) is 87.4 Å². The van der Waals surface area contributed by atoms with Gasteiger partial charge in [-0.25, -0.2) is 39.7 Å². The van der Waals surface area contributed by atoms with Crippen LogP contribution in [0.2, 0.25) is 0 Å². The summed E-state index contributed by atoms with van der Waals surface area (Å²) in [5, 5.41) is 45.9. The number of carbonyl (C=O) groups is 8. The van der Waals surface area contributed by atoms with Crippen molar-refractivity contribution < 1.29 is 48.6 Å². The molecule has 89 heavy (non-hydrogen) atoms. The number of pyridine rings is 1. The van der Waals surface area contributed by atoms with Gasteiger partial charge in [-0.15, -0.1) is 68.0 Å². The van der Waals surface area contributed by atoms with Gasteiger partial charge in [-0.05, 0) is 54.7 Å². The van der Waals surface area contributed by atoms with Gasteiger partial charge in [0.2, 0.25) is 11.8 Å². The highest BCUT2D eigenvalue weighted by molar-refractivity contribution is 7.15. The Balaban J connectivity index is 1.04. The molecular weight excluding hydrogens is 1260 g/mol. The average Bonchev–Trinajstić information content (AvgIpc) is 1.76. The summed E-state index contributed by atoms with van der Waals surface area (Å²) in [6.07, 6.45) is 0.527. The van der Waals surface area contributed by atoms with Crippen LogP contribution in [0, 0.1) is 12.8 Å². The number of nitrogens with zero attached hydrogens (tertiary/aromatic N) is 7. The van der Waals surface area contributed by atoms with Crippen molar-refractivity contribution in [2.45, 2.75) is 70.6 Å². The highest BCUT2D eigenvalue weighted by Gasteiger charge is 2.33. The van der Waals surface area contributed by atoms with Crippen molar-refractivity contribution in [1.29, 1.82) is 0 Å². The molecule has 9 aromatic rings. The molecule has 8 heterocycles. The zero-order valence-corrected chi connectivity index (χ0v) is 52.1. The van der Waals surface area contributed by atoms with Crippen molar-refractivity contribution in [2.24, 2.45) is 11.7 Å². The number of carboxylic acids is 1. The van der Waals surface area contributed by atoms with Crippen LogP contribution in [-0.4, -0.2) is 98.5 Å². The molecule has 0 spiro atoms. The molecule has 10 bridgehead atoms. The summed E-state index contributed by atoms with van der Waals surface area (Å²) in [7, 11) is 0. The predicted molar refractivity (Wildman–Crippen MR) is 337 cm³/mol. The van der Waals surface area contributed by atoms with E-state index in [-0.39, 0.29) is 69.4 Å². The third kappa shape index (κ3) is 14.7. The van der Waals surface area contributed by atoms with Gasteiger partial charge < -0.3 is 47.8 Å². The third-order valence-electron chi connectivity index (χ3n) is 13.8. The van der Waals surface area contributed by atoms with Crippen molar-refractivity contribution >= 4 is 115 Å². The van der Waals surface area contributed by atoms with Crippen LogP contribution in [0.4, 0.5) is 0 Å². The van der Waals surface area contributed by atoms with Crippen LogP contribution < -0.4 is 37.6 Å². The summed E-state index contributed by atoms with van der Waals surface area (Å²) in [6, 6.07) is 15.3. The van der Waals surface area contributed by atoms with Crippen LogP contribution >= 0.6 is 68.0 Å². The maximum atomic E-state index is 14.8. The molecule has 0 fully saturated rings. The Labute approximate surface area is 530 Å². The average molecular weight is 1310 g/mol. The quantitative estimate of drug-likeness (QED) is 0.0464. The van der Waals surface area contributed by atoms with Gasteiger partial charge in [0, 0.05) is 43.8 Å². The van der Waals surface area contributed by atoms with Crippen molar-refractivity contribution in [3.63, 3.8) is 0 Å². The van der Waals surface area contributed by atoms with Gasteiger partial charge in [-0.1, -0.05) is 75.9 Å². The summed E-state index contributed by atoms with van der Waals surface area (Å²) >= 11 is 6.98. The molecule has 1 aliphatic rings. The maximum Gasteiger partial charge on any atom is 0.351 e. The molecule has 5 unspecified atom stereocenters. The number of aromatic nitrogens is 7. The fourth-order valence-electron chi connectivity index (χ4n) is 8.98. The minimum Gasteiger partial charge on any atom is -0.508 e. The first kappa shape index (κ1) is 62.5. The number of benzene rings is 2. The molecule has 1 aliphatic heterocycles. The number of hydrogen-bond donors (Lipinski definition) is 9. The first-order chi connectivity index (χ1) is 42.7. The molecule has 10 N–H and O–H groups in total. The lowest BCUT2D eigenvalue weighted by atomic mass is 9.98. The maximum absolute atomic E-state index is 14.8. The number of amides is 7. The minimum atomic E-state index is -1.48. The number of carboxylic acid groups (broad SMARTS) is 1. The monoisotopic (exact) mass is 1310 g/mol. The molecule has 7 aromatic heterocycles. The molecular formula is C59H52N14O10S6. The van der Waals surface area contributed by atoms with Crippen LogP contribution in [0.15, 0.2) is 118 Å². The number of hydrogen-bond acceptors (Lipinski definition) is 22. The summed E-state index contributed by atoms with van der Waals surface area (Å²) in [5.41, 5.74) is 7.87. The second-order valence-electron chi connectivity index (χ2n) is 20.2. The van der Waals surface area contributed by atoms with E-state index in [1.807, 2.05) is 54.9 Å². The van der Waals surface area contributed by atoms with Gasteiger partial charge in [0.15, 0.2) is 0 Å². The number of aliphatic carboxylic acids is 1. The van der Waals surface area contributed by atoms with Crippen molar-refractivity contribution in [1.82, 2.24) is 66.8 Å². The number of fused-ring (bicyclic) bond motifs is 14. The number of nitrogens with one attached hydrogen (secondary N) is 6. The number of aryl methyl sites for hydroxylation is 1. The molecule has 0 saturated carbocycles. The minimum absolute atomic E-state index is 0.00702. The lowest BCUT2D eigenvalue weighted by molar-refractivity contribution is -0.134. The topological polar surface area (TPSA) is 365 Å². The third-order valence-corrected chi connectivity index (χ3v) is 19.4. The van der Waals surface area contributed by atoms with E-state index >= 15 is 0 Å². The molecule has 454 valence electrons. The van der Waals surface area contributed by atoms with Crippen LogP contribution in [0.3, 0.4) is 0 Å². The summed E-state index contributed by atoms with van der Waals surface area (Å²) in [5.74, 6) is -6.66. The van der Waals surface area contributed by atoms with E-state index in [4.69, 9.17) is 35.8 Å². The molecule has 5 atom stereocenters. The first-order valence-electron chi connectivity index (χ1n) is 27.0. The Kier molecular flexibility index (Phi) is 19.1. The van der Waals surface area contributed by atoms with Gasteiger partial charge in [-0.3, -0.25) is 33.6 Å². The number of nitrogens with two attached hydrogens (primary N) is 1. The van der Waals surface area contributed by atoms with Crippen LogP contribution in [0.1, 0.15) is 118 Å². The Morgan fingerprint density at radius 1 is 0.607 bits per heavy atom. The number of aromatic hydroxyl groups is 1. The molecule has 7 amide bonds. The van der Waals surface area contributed by atoms with Crippen LogP contribution in [-0.2, 0) is 32.0 Å². The first-order valence-corrected chi connectivity index (χ1v) is 32.2. The molecule has 2 aromatic carbocycles. The van der Waals surface area contributed by atoms with Crippen molar-refractivity contribution in [3.05, 3.63) is 172 Å². The zero-order chi connectivity index (χ0) is 63.2. The van der Waals surface area contributed by atoms with Crippen molar-refractivity contribution in [3.8, 4) is 49.1 Å². The van der Waals surface area contributed by atoms with Gasteiger partial charge in [0.25, 0.3) is 29.5 Å². The molecule has 10 rings (SSSR count). The number of thiazole rings is 6. The second-order valence-corrected chi connectivity index (χ2v) is 25.7. The Hall–Kier alpha value is -9.59. The lowest BCUT2D eigenvalue weighted by Gasteiger charge is -2.26. The van der Waals surface area contributed by atoms with Gasteiger partial charge in [-0.2, -0.15) is 0 Å². The Morgan fingerprint density at radius 3 is 1.94 bits per heavy atom. The number of carbonyl (C=O) groups excluding carboxylic acids is 7. The normalized spacial score (nSPS) is 16.6. The SMILES string of the molecule is C=C(NC(=O)C(=C)NC(=O)c1csc(-c2ccc3c(n2)-c2csc(n2)-c2csc(n2)C(C(C)CC)NC(=O)C(Cc2ccc(O)cc2)NC(=O)c2csc(n2)C(Cc2ccccc2)NC(=O)c2nc(sc2C)C(CC(N)=O)NC(=O)c2csc-3n2)n1)C(=O)O. The predicted octanol–water partition coefficient (Wildman–Crippen LogP) is 8.08. The van der Waals surface area contributed by atoms with E-state index in [0.717, 1.165) is 50.9 Å². The van der Waals surface area contributed by atoms with E-state index in [2.05, 4.69) is 49.7 Å². The number of rotatable bonds is 14. The lowest BCUT2D eigenvalue weighted by Crippen LogP contribution is -2.49. The number of phenols is 1. The second kappa shape index (κ2) is 27.2. The molecule has 0 aliphatic carbocycles. The van der Waals surface area contributed by atoms with E-state index in [0.29, 0.717) is 59.5 Å². The standard InChI is InChI=1S/C59H52N14O10S6/c1-6-26(2)44-58-71-42(25-88-58)56-67-38(21-85-56)46-33(16-17-34(63-46)54-69-39(23-86-54)49(78)61-27(3)47(76)62-28(4)59(82)83)53-68-40(22-84-53)51(80)65-37(20-43(60)75)57-73-45(29(5)89-57)52(81)66-36(19-30-10-8-7-9-11-30)55-70-41(24-87-55)50(79)64-35(48(77)72-44)18-31-12-14-32(74)15-13-31/h7-17,21-26,35-37,44,74H,3-4,6,18-20H2,1-2,5H3,(H2,60,75)(H,61,78)(H,62,76)(H,64,79)(H,65,80)(H,66,81)(H,72,77)(H,82,83). The molecule has 30 heteroatoms. The fourth-order valence-corrected chi connectivity index (χ4v) is 14.2. The summed E-state index contributed by atoms with van der Waals surface area (Å²) in [4.78, 5) is 142. The van der Waals surface area contributed by atoms with E-state index in [1.165, 1.54) is 45.6 Å². The van der Waals surface area contributed by atoms with E-state index < -0.39 is 82.9 Å². The van der Waals surface area contributed by atoms with E-state index in [1.54, 1.807) is 41.9 Å². The molecule has 0 saturated heterocycles. The van der Waals surface area contributed by atoms with Gasteiger partial charge in [0.05, 0.1) is 35.9 Å². The molecule has 24 nitrogen and oxygen atoms in total. The largest absolute Gasteiger partial charge is 0.508 e. The smallest absolute Gasteiger partial charge is 0.351 e. The fraction of sp³-hybridized carbons (Fsp3) is 0.203. The zero-order valence-electron chi connectivity index (χ0n) is 47.2. The molecule has 0 radical (unpaired) electrons. The van der Waals surface area contributed by atoms with Gasteiger partial charge >= 0.3 is 5.97 Å². The Bertz CT molecular complexity index is 4240. The summed E-state index contributed by atoms with van der Waals surface area (Å²) < 4.78 is 0. The number of phenolic OH excluding ortho intramolecular Hbond substituents is 1. The van der Waals surface area contributed by atoms with E-state index in [9.17, 15) is 43.5 Å². The summed E-state index contributed by atoms with van der Waals surface area (Å²) in [6.45, 7) is 12.4. The van der Waals surface area contributed by atoms with Crippen molar-refractivity contribution in [2.75, 3.05) is 0 Å². The van der Waals surface area contributed by atoms with Crippen LogP contribution in [0.5, 0.6) is 5.75 Å². The highest BCUT2D eigenvalue weighted by atomic mass is 32.1.